The molecule has 2 atom stereocenters. The molecule has 10 nitrogen and oxygen atoms in total. The van der Waals surface area contributed by atoms with Gasteiger partial charge in [0, 0.05) is 12.3 Å². The van der Waals surface area contributed by atoms with Crippen molar-refractivity contribution in [3.63, 3.8) is 0 Å². The Labute approximate surface area is 176 Å². The molecule has 1 aromatic carbocycles. The van der Waals surface area contributed by atoms with Gasteiger partial charge in [-0.3, -0.25) is 20.3 Å². The molecule has 13 heteroatoms. The van der Waals surface area contributed by atoms with Crippen molar-refractivity contribution >= 4 is 50.8 Å². The number of hydrogen-bond acceptors (Lipinski definition) is 10. The smallest absolute Gasteiger partial charge is 0.219 e. The average Bonchev–Trinajstić information content (AvgIpc) is 3.18. The zero-order valence-electron chi connectivity index (χ0n) is 15.0. The van der Waals surface area contributed by atoms with E-state index in [1.807, 2.05) is 5.48 Å². The summed E-state index contributed by atoms with van der Waals surface area (Å²) in [6, 6.07) is 3.04. The third-order valence-electron chi connectivity index (χ3n) is 4.09. The molecule has 1 aromatic heterocycles. The van der Waals surface area contributed by atoms with Crippen molar-refractivity contribution in [3.8, 4) is 0 Å². The lowest BCUT2D eigenvalue weighted by atomic mass is 9.83. The molecule has 1 aliphatic rings. The van der Waals surface area contributed by atoms with Crippen LogP contribution in [0.3, 0.4) is 0 Å². The number of nitrogens with one attached hydrogen (secondary N) is 3. The van der Waals surface area contributed by atoms with Gasteiger partial charge in [0.15, 0.2) is 16.6 Å². The van der Waals surface area contributed by atoms with E-state index < -0.39 is 29.5 Å². The molecule has 29 heavy (non-hydrogen) atoms. The SMILES string of the molecule is CNC1C(=O)C(=O)C1NCCSc1nonc1C(=Nc1ccc(F)c(Br)c1)NO. The number of hydroxylamine groups is 1. The first kappa shape index (κ1) is 21.5. The lowest BCUT2D eigenvalue weighted by Gasteiger charge is -2.33. The van der Waals surface area contributed by atoms with Crippen LogP contribution in [0.15, 0.2) is 37.3 Å². The van der Waals surface area contributed by atoms with E-state index in [0.29, 0.717) is 23.0 Å². The Morgan fingerprint density at radius 2 is 2.10 bits per heavy atom. The first-order valence-electron chi connectivity index (χ1n) is 8.34. The number of likely N-dealkylation sites (N-methyl/N-ethyl adjacent to an activating group) is 1. The molecule has 1 fully saturated rings. The fraction of sp³-hybridized carbons (Fsp3) is 0.312. The summed E-state index contributed by atoms with van der Waals surface area (Å²) in [5.41, 5.74) is 2.47. The van der Waals surface area contributed by atoms with Crippen molar-refractivity contribution in [2.75, 3.05) is 19.3 Å². The molecule has 1 aliphatic carbocycles. The molecule has 4 N–H and O–H groups in total. The van der Waals surface area contributed by atoms with Gasteiger partial charge in [0.25, 0.3) is 0 Å². The minimum absolute atomic E-state index is 0.0322. The van der Waals surface area contributed by atoms with Crippen LogP contribution in [-0.2, 0) is 9.59 Å². The minimum Gasteiger partial charge on any atom is -0.308 e. The Bertz CT molecular complexity index is 955. The van der Waals surface area contributed by atoms with E-state index in [9.17, 15) is 19.2 Å². The number of benzene rings is 1. The highest BCUT2D eigenvalue weighted by atomic mass is 79.9. The van der Waals surface area contributed by atoms with Crippen LogP contribution < -0.4 is 16.1 Å². The van der Waals surface area contributed by atoms with E-state index in [2.05, 4.69) is 41.9 Å². The predicted octanol–water partition coefficient (Wildman–Crippen LogP) is 0.818. The topological polar surface area (TPSA) is 142 Å². The van der Waals surface area contributed by atoms with Crippen LogP contribution in [-0.4, -0.2) is 64.4 Å². The number of rotatable bonds is 8. The fourth-order valence-electron chi connectivity index (χ4n) is 2.62. The van der Waals surface area contributed by atoms with E-state index in [-0.39, 0.29) is 16.0 Å². The maximum absolute atomic E-state index is 13.4. The molecule has 2 aromatic rings. The van der Waals surface area contributed by atoms with E-state index in [1.54, 1.807) is 7.05 Å². The summed E-state index contributed by atoms with van der Waals surface area (Å²) in [5.74, 6) is -0.863. The third-order valence-corrected chi connectivity index (χ3v) is 5.65. The molecule has 0 saturated heterocycles. The molecule has 154 valence electrons. The van der Waals surface area contributed by atoms with Gasteiger partial charge in [0.05, 0.1) is 22.2 Å². The Kier molecular flexibility index (Phi) is 7.08. The maximum Gasteiger partial charge on any atom is 0.219 e. The van der Waals surface area contributed by atoms with Crippen LogP contribution in [0, 0.1) is 5.82 Å². The first-order chi connectivity index (χ1) is 14.0. The van der Waals surface area contributed by atoms with Gasteiger partial charge in [-0.15, -0.1) is 0 Å². The number of nitrogens with zero attached hydrogens (tertiary/aromatic N) is 3. The van der Waals surface area contributed by atoms with Crippen LogP contribution in [0.4, 0.5) is 10.1 Å². The number of halogens is 2. The van der Waals surface area contributed by atoms with Gasteiger partial charge in [-0.25, -0.2) is 14.0 Å². The van der Waals surface area contributed by atoms with Crippen molar-refractivity contribution in [3.05, 3.63) is 34.2 Å². The Morgan fingerprint density at radius 1 is 1.34 bits per heavy atom. The molecule has 0 aliphatic heterocycles. The summed E-state index contributed by atoms with van der Waals surface area (Å²) in [6.45, 7) is 0.419. The molecule has 0 bridgehead atoms. The summed E-state index contributed by atoms with van der Waals surface area (Å²) < 4.78 is 18.3. The van der Waals surface area contributed by atoms with E-state index in [4.69, 9.17) is 4.63 Å². The number of hydrogen-bond donors (Lipinski definition) is 4. The number of aliphatic imine (C=N–C) groups is 1. The first-order valence-corrected chi connectivity index (χ1v) is 10.1. The van der Waals surface area contributed by atoms with Crippen LogP contribution in [0.1, 0.15) is 5.69 Å². The molecule has 0 radical (unpaired) electrons. The minimum atomic E-state index is -0.545. The van der Waals surface area contributed by atoms with Crippen molar-refractivity contribution in [1.29, 1.82) is 0 Å². The number of thioether (sulfide) groups is 1. The summed E-state index contributed by atoms with van der Waals surface area (Å²) in [5, 5.41) is 23.1. The van der Waals surface area contributed by atoms with Crippen LogP contribution >= 0.6 is 27.7 Å². The van der Waals surface area contributed by atoms with Crippen molar-refractivity contribution < 1.29 is 23.8 Å². The summed E-state index contributed by atoms with van der Waals surface area (Å²) in [4.78, 5) is 27.2. The fourth-order valence-corrected chi connectivity index (χ4v) is 3.75. The van der Waals surface area contributed by atoms with Crippen LogP contribution in [0.25, 0.3) is 0 Å². The zero-order valence-corrected chi connectivity index (χ0v) is 17.4. The van der Waals surface area contributed by atoms with Gasteiger partial charge in [-0.05, 0) is 51.5 Å². The second-order valence-corrected chi connectivity index (χ2v) is 7.80. The largest absolute Gasteiger partial charge is 0.308 e. The predicted molar refractivity (Wildman–Crippen MR) is 105 cm³/mol. The summed E-state index contributed by atoms with van der Waals surface area (Å²) in [7, 11) is 1.62. The van der Waals surface area contributed by atoms with Crippen molar-refractivity contribution in [2.45, 2.75) is 17.1 Å². The number of aromatic nitrogens is 2. The van der Waals surface area contributed by atoms with Crippen molar-refractivity contribution in [2.24, 2.45) is 4.99 Å². The Balaban J connectivity index is 1.62. The number of carbonyl (C=O) groups excluding carboxylic acids is 2. The molecular weight excluding hydrogens is 471 g/mol. The molecule has 2 unspecified atom stereocenters. The molecule has 0 spiro atoms. The lowest BCUT2D eigenvalue weighted by Crippen LogP contribution is -2.69. The van der Waals surface area contributed by atoms with Gasteiger partial charge >= 0.3 is 0 Å². The quantitative estimate of drug-likeness (QED) is 0.106. The third kappa shape index (κ3) is 4.70. The second kappa shape index (κ2) is 9.54. The van der Waals surface area contributed by atoms with Gasteiger partial charge in [-0.1, -0.05) is 11.8 Å². The molecule has 1 saturated carbocycles. The van der Waals surface area contributed by atoms with Gasteiger partial charge < -0.3 is 10.6 Å². The Hall–Kier alpha value is -2.19. The standard InChI is InChI=1S/C16H16BrFN6O4S/c1-19-10-11(14(26)13(10)25)20-4-5-29-16-12(23-28-24-16)15(22-27)21-7-2-3-9(18)8(17)6-7/h2-3,6,10-11,19-20,27H,4-5H2,1H3,(H,21,22). The highest BCUT2D eigenvalue weighted by Crippen LogP contribution is 2.24. The van der Waals surface area contributed by atoms with Gasteiger partial charge in [0.2, 0.25) is 11.6 Å². The summed E-state index contributed by atoms with van der Waals surface area (Å²) >= 11 is 4.32. The highest BCUT2D eigenvalue weighted by molar-refractivity contribution is 9.10. The molecule has 0 amide bonds. The highest BCUT2D eigenvalue weighted by Gasteiger charge is 2.47. The maximum atomic E-state index is 13.4. The zero-order chi connectivity index (χ0) is 21.0. The Morgan fingerprint density at radius 3 is 2.79 bits per heavy atom. The van der Waals surface area contributed by atoms with Crippen LogP contribution in [0.2, 0.25) is 0 Å². The number of amidine groups is 1. The monoisotopic (exact) mass is 486 g/mol. The number of carbonyl (C=O) groups is 2. The van der Waals surface area contributed by atoms with Gasteiger partial charge in [-0.2, -0.15) is 0 Å². The average molecular weight is 487 g/mol. The van der Waals surface area contributed by atoms with Crippen LogP contribution in [0.5, 0.6) is 0 Å². The molecule has 1 heterocycles. The van der Waals surface area contributed by atoms with Gasteiger partial charge in [0.1, 0.15) is 5.82 Å². The van der Waals surface area contributed by atoms with Crippen molar-refractivity contribution in [1.82, 2.24) is 26.4 Å². The second-order valence-electron chi connectivity index (χ2n) is 5.86. The summed E-state index contributed by atoms with van der Waals surface area (Å²) in [6.07, 6.45) is 0. The normalized spacial score (nSPS) is 19.4. The molecule has 3 rings (SSSR count). The molecular formula is C16H16BrFN6O4S. The number of ketones is 2. The lowest BCUT2D eigenvalue weighted by molar-refractivity contribution is -0.147. The van der Waals surface area contributed by atoms with E-state index in [0.717, 1.165) is 0 Å². The van der Waals surface area contributed by atoms with E-state index in [1.165, 1.54) is 30.0 Å². The number of Topliss-reactive ketones (excluding diaryl/α,β-unsaturated/α-hetero) is 2. The van der Waals surface area contributed by atoms with E-state index >= 15 is 0 Å².